The molecule has 5 aliphatic rings. The molecule has 0 heterocycles. The van der Waals surface area contributed by atoms with Crippen molar-refractivity contribution in [1.82, 2.24) is 0 Å². The summed E-state index contributed by atoms with van der Waals surface area (Å²) in [6.07, 6.45) is 6.09. The molecular weight excluding hydrogens is 340 g/mol. The van der Waals surface area contributed by atoms with E-state index in [1.54, 1.807) is 0 Å². The predicted octanol–water partition coefficient (Wildman–Crippen LogP) is 2.94. The molecule has 0 aromatic rings. The summed E-state index contributed by atoms with van der Waals surface area (Å²) in [6.45, 7) is 0. The largest absolute Gasteiger partial charge is 0.307 e. The van der Waals surface area contributed by atoms with Crippen LogP contribution in [-0.4, -0.2) is 17.8 Å². The van der Waals surface area contributed by atoms with Crippen molar-refractivity contribution >= 4 is 17.8 Å². The standard InChI is InChI=1S/C21H22N4O2/c22-10-20(11-23)7-16(9-26)18(25)21(20,12-24)8-17(27)19-4-13-1-14(5-19)3-15(2-13)6-19/h9,13-16,25H,1-8H2/t13?,14?,15?,16?,19?,21-/m1/s1. The number of hydrogen-bond acceptors (Lipinski definition) is 6. The average Bonchev–Trinajstić information content (AvgIpc) is 2.89. The van der Waals surface area contributed by atoms with Gasteiger partial charge in [-0.25, -0.2) is 0 Å². The van der Waals surface area contributed by atoms with Gasteiger partial charge in [0.05, 0.1) is 24.1 Å². The lowest BCUT2D eigenvalue weighted by Crippen LogP contribution is -2.52. The molecule has 0 amide bonds. The maximum atomic E-state index is 13.5. The molecular formula is C21H22N4O2. The number of carbonyl (C=O) groups excluding carboxylic acids is 2. The van der Waals surface area contributed by atoms with Crippen LogP contribution in [0.5, 0.6) is 0 Å². The molecule has 27 heavy (non-hydrogen) atoms. The molecule has 6 nitrogen and oxygen atoms in total. The summed E-state index contributed by atoms with van der Waals surface area (Å²) in [4.78, 5) is 24.9. The Morgan fingerprint density at radius 3 is 1.93 bits per heavy atom. The number of nitrogens with one attached hydrogen (secondary N) is 1. The quantitative estimate of drug-likeness (QED) is 0.768. The molecule has 4 bridgehead atoms. The molecule has 138 valence electrons. The van der Waals surface area contributed by atoms with Gasteiger partial charge >= 0.3 is 0 Å². The first-order valence-corrected chi connectivity index (χ1v) is 9.69. The summed E-state index contributed by atoms with van der Waals surface area (Å²) in [6, 6.07) is 5.81. The fourth-order valence-corrected chi connectivity index (χ4v) is 6.90. The summed E-state index contributed by atoms with van der Waals surface area (Å²) in [5.41, 5.74) is -4.33. The molecule has 0 aromatic carbocycles. The van der Waals surface area contributed by atoms with Gasteiger partial charge in [0.25, 0.3) is 0 Å². The Morgan fingerprint density at radius 2 is 1.52 bits per heavy atom. The zero-order valence-electron chi connectivity index (χ0n) is 15.2. The molecule has 0 saturated heterocycles. The lowest BCUT2D eigenvalue weighted by atomic mass is 9.47. The van der Waals surface area contributed by atoms with E-state index in [0.29, 0.717) is 24.0 Å². The summed E-state index contributed by atoms with van der Waals surface area (Å²) < 4.78 is 0. The molecule has 5 fully saturated rings. The summed E-state index contributed by atoms with van der Waals surface area (Å²) in [7, 11) is 0. The Labute approximate surface area is 158 Å². The van der Waals surface area contributed by atoms with Crippen molar-refractivity contribution in [2.45, 2.75) is 51.4 Å². The van der Waals surface area contributed by atoms with Crippen LogP contribution in [0.2, 0.25) is 0 Å². The van der Waals surface area contributed by atoms with Gasteiger partial charge in [0.1, 0.15) is 17.5 Å². The van der Waals surface area contributed by atoms with E-state index in [9.17, 15) is 25.4 Å². The highest BCUT2D eigenvalue weighted by Crippen LogP contribution is 2.62. The lowest BCUT2D eigenvalue weighted by Gasteiger charge is -2.56. The summed E-state index contributed by atoms with van der Waals surface area (Å²) in [5.74, 6) is 0.643. The van der Waals surface area contributed by atoms with Gasteiger partial charge in [0, 0.05) is 17.5 Å². The molecule has 6 heteroatoms. The van der Waals surface area contributed by atoms with Crippen LogP contribution in [0.4, 0.5) is 0 Å². The summed E-state index contributed by atoms with van der Waals surface area (Å²) in [5, 5.41) is 37.8. The van der Waals surface area contributed by atoms with Crippen molar-refractivity contribution in [2.75, 3.05) is 0 Å². The normalized spacial score (nSPS) is 43.5. The number of nitriles is 3. The minimum absolute atomic E-state index is 0.0747. The van der Waals surface area contributed by atoms with Crippen LogP contribution in [0.3, 0.4) is 0 Å². The highest BCUT2D eigenvalue weighted by atomic mass is 16.1. The van der Waals surface area contributed by atoms with E-state index in [2.05, 4.69) is 0 Å². The highest BCUT2D eigenvalue weighted by Gasteiger charge is 2.66. The van der Waals surface area contributed by atoms with Crippen LogP contribution < -0.4 is 0 Å². The van der Waals surface area contributed by atoms with E-state index in [0.717, 1.165) is 19.3 Å². The second-order valence-corrected chi connectivity index (χ2v) is 9.30. The van der Waals surface area contributed by atoms with Gasteiger partial charge < -0.3 is 10.2 Å². The Balaban J connectivity index is 1.71. The van der Waals surface area contributed by atoms with E-state index in [1.165, 1.54) is 19.3 Å². The van der Waals surface area contributed by atoms with Gasteiger partial charge in [0.15, 0.2) is 5.41 Å². The van der Waals surface area contributed by atoms with E-state index in [-0.39, 0.29) is 24.3 Å². The molecule has 0 aliphatic heterocycles. The topological polar surface area (TPSA) is 129 Å². The third-order valence-corrected chi connectivity index (χ3v) is 7.88. The van der Waals surface area contributed by atoms with Crippen LogP contribution in [0, 0.1) is 79.3 Å². The fourth-order valence-electron chi connectivity index (χ4n) is 6.90. The van der Waals surface area contributed by atoms with E-state index in [4.69, 9.17) is 5.41 Å². The van der Waals surface area contributed by atoms with Gasteiger partial charge in [-0.05, 0) is 62.7 Å². The number of carbonyl (C=O) groups is 2. The highest BCUT2D eigenvalue weighted by molar-refractivity contribution is 6.07. The zero-order chi connectivity index (χ0) is 19.4. The van der Waals surface area contributed by atoms with Crippen molar-refractivity contribution in [1.29, 1.82) is 21.2 Å². The monoisotopic (exact) mass is 362 g/mol. The molecule has 0 spiro atoms. The SMILES string of the molecule is N#CC1(C#N)CC(C=O)C(=N)[C@]1(C#N)CC(=O)C12CC3CC(CC(C3)C1)C2. The van der Waals surface area contributed by atoms with E-state index >= 15 is 0 Å². The second kappa shape index (κ2) is 5.74. The minimum Gasteiger partial charge on any atom is -0.307 e. The second-order valence-electron chi connectivity index (χ2n) is 9.30. The minimum atomic E-state index is -1.82. The van der Waals surface area contributed by atoms with Crippen molar-refractivity contribution in [2.24, 2.45) is 39.9 Å². The first-order valence-electron chi connectivity index (χ1n) is 9.69. The van der Waals surface area contributed by atoms with Crippen LogP contribution in [0.15, 0.2) is 0 Å². The molecule has 0 radical (unpaired) electrons. The van der Waals surface area contributed by atoms with Crippen LogP contribution >= 0.6 is 0 Å². The zero-order valence-corrected chi connectivity index (χ0v) is 15.2. The predicted molar refractivity (Wildman–Crippen MR) is 93.8 cm³/mol. The first-order chi connectivity index (χ1) is 12.9. The molecule has 0 aromatic heterocycles. The molecule has 5 aliphatic carbocycles. The number of rotatable bonds is 4. The first kappa shape index (κ1) is 17.9. The van der Waals surface area contributed by atoms with E-state index in [1.807, 2.05) is 18.2 Å². The number of nitrogens with zero attached hydrogens (tertiary/aromatic N) is 3. The third-order valence-electron chi connectivity index (χ3n) is 7.88. The summed E-state index contributed by atoms with van der Waals surface area (Å²) >= 11 is 0. The number of Topliss-reactive ketones (excluding diaryl/α,β-unsaturated/α-hetero) is 1. The molecule has 1 N–H and O–H groups in total. The van der Waals surface area contributed by atoms with Crippen LogP contribution in [0.1, 0.15) is 51.4 Å². The van der Waals surface area contributed by atoms with Crippen molar-refractivity contribution in [3.05, 3.63) is 0 Å². The fraction of sp³-hybridized carbons (Fsp3) is 0.714. The number of aldehydes is 1. The molecule has 1 unspecified atom stereocenters. The van der Waals surface area contributed by atoms with E-state index < -0.39 is 22.2 Å². The lowest BCUT2D eigenvalue weighted by molar-refractivity contribution is -0.145. The molecule has 5 rings (SSSR count). The Bertz CT molecular complexity index is 806. The maximum absolute atomic E-state index is 13.5. The Morgan fingerprint density at radius 1 is 1.00 bits per heavy atom. The maximum Gasteiger partial charge on any atom is 0.169 e. The Hall–Kier alpha value is -2.52. The van der Waals surface area contributed by atoms with Gasteiger partial charge in [0.2, 0.25) is 0 Å². The molecule has 5 saturated carbocycles. The van der Waals surface area contributed by atoms with Crippen molar-refractivity contribution < 1.29 is 9.59 Å². The van der Waals surface area contributed by atoms with Crippen LogP contribution in [-0.2, 0) is 9.59 Å². The van der Waals surface area contributed by atoms with Crippen LogP contribution in [0.25, 0.3) is 0 Å². The smallest absolute Gasteiger partial charge is 0.169 e. The molecule has 2 atom stereocenters. The van der Waals surface area contributed by atoms with Crippen molar-refractivity contribution in [3.63, 3.8) is 0 Å². The third kappa shape index (κ3) is 2.18. The van der Waals surface area contributed by atoms with Crippen molar-refractivity contribution in [3.8, 4) is 18.2 Å². The van der Waals surface area contributed by atoms with Gasteiger partial charge in [-0.3, -0.25) is 4.79 Å². The number of hydrogen-bond donors (Lipinski definition) is 1. The van der Waals surface area contributed by atoms with Gasteiger partial charge in [-0.1, -0.05) is 0 Å². The average molecular weight is 362 g/mol. The van der Waals surface area contributed by atoms with Gasteiger partial charge in [-0.15, -0.1) is 0 Å². The van der Waals surface area contributed by atoms with Gasteiger partial charge in [-0.2, -0.15) is 15.8 Å². The number of ketones is 1. The Kier molecular flexibility index (Phi) is 3.80.